The largest absolute Gasteiger partial charge is 0.393 e. The first kappa shape index (κ1) is 31.8. The van der Waals surface area contributed by atoms with E-state index < -0.39 is 26.8 Å². The first-order valence-corrected chi connectivity index (χ1v) is 19.5. The van der Waals surface area contributed by atoms with Crippen molar-refractivity contribution >= 4 is 9.84 Å². The maximum Gasteiger partial charge on any atom is 0.155 e. The third-order valence-electron chi connectivity index (χ3n) is 14.5. The van der Waals surface area contributed by atoms with E-state index in [0.29, 0.717) is 46.8 Å². The monoisotopic (exact) mass is 605 g/mol. The van der Waals surface area contributed by atoms with Gasteiger partial charge in [-0.3, -0.25) is 0 Å². The average molecular weight is 606 g/mol. The van der Waals surface area contributed by atoms with Crippen molar-refractivity contribution in [2.75, 3.05) is 6.26 Å². The molecule has 1 heterocycles. The molecule has 2 spiro atoms. The van der Waals surface area contributed by atoms with Gasteiger partial charge in [0, 0.05) is 6.26 Å². The molecule has 7 rings (SSSR count). The molecule has 5 nitrogen and oxygen atoms in total. The van der Waals surface area contributed by atoms with Crippen molar-refractivity contribution < 1.29 is 23.4 Å². The number of aliphatic hydroxyl groups is 2. The summed E-state index contributed by atoms with van der Waals surface area (Å²) >= 11 is 0. The van der Waals surface area contributed by atoms with Crippen LogP contribution in [-0.2, 0) is 14.6 Å². The Labute approximate surface area is 257 Å². The molecule has 0 aromatic heterocycles. The number of hydrogen-bond acceptors (Lipinski definition) is 5. The van der Waals surface area contributed by atoms with Crippen LogP contribution in [0, 0.1) is 57.7 Å². The highest BCUT2D eigenvalue weighted by Crippen LogP contribution is 2.77. The summed E-state index contributed by atoms with van der Waals surface area (Å²) in [5, 5.41) is 21.4. The van der Waals surface area contributed by atoms with Crippen LogP contribution in [0.4, 0.5) is 0 Å². The van der Waals surface area contributed by atoms with Crippen LogP contribution in [0.3, 0.4) is 0 Å². The second-order valence-electron chi connectivity index (χ2n) is 18.0. The Kier molecular flexibility index (Phi) is 7.89. The van der Waals surface area contributed by atoms with Crippen LogP contribution in [0.5, 0.6) is 0 Å². The van der Waals surface area contributed by atoms with Crippen molar-refractivity contribution in [3.8, 4) is 0 Å². The van der Waals surface area contributed by atoms with E-state index in [0.717, 1.165) is 25.7 Å². The first-order valence-electron chi connectivity index (χ1n) is 17.5. The molecule has 1 aliphatic heterocycles. The van der Waals surface area contributed by atoms with Gasteiger partial charge in [-0.1, -0.05) is 33.6 Å². The van der Waals surface area contributed by atoms with Gasteiger partial charge in [-0.25, -0.2) is 8.42 Å². The molecule has 42 heavy (non-hydrogen) atoms. The van der Waals surface area contributed by atoms with Crippen molar-refractivity contribution in [3.63, 3.8) is 0 Å². The molecule has 6 heteroatoms. The summed E-state index contributed by atoms with van der Waals surface area (Å²) in [6, 6.07) is 0. The molecule has 2 N–H and O–H groups in total. The summed E-state index contributed by atoms with van der Waals surface area (Å²) in [7, 11) is -3.49. The molecule has 0 aromatic carbocycles. The minimum atomic E-state index is -3.49. The maximum atomic E-state index is 13.0. The fraction of sp³-hybridized carbons (Fsp3) is 0.972. The highest BCUT2D eigenvalue weighted by atomic mass is 32.2. The predicted octanol–water partition coefficient (Wildman–Crippen LogP) is 7.14. The summed E-state index contributed by atoms with van der Waals surface area (Å²) in [4.78, 5) is 0. The molecule has 0 radical (unpaired) electrons. The molecular formula is C36H61O5S-. The predicted molar refractivity (Wildman–Crippen MR) is 168 cm³/mol. The number of fused-ring (bicyclic) bond motifs is 3. The Hall–Kier alpha value is -0.170. The Morgan fingerprint density at radius 1 is 0.976 bits per heavy atom. The van der Waals surface area contributed by atoms with Gasteiger partial charge >= 0.3 is 0 Å². The average Bonchev–Trinajstić information content (AvgIpc) is 3.16. The number of ether oxygens (including phenoxy) is 1. The van der Waals surface area contributed by atoms with Gasteiger partial charge in [0.25, 0.3) is 0 Å². The summed E-state index contributed by atoms with van der Waals surface area (Å²) in [6.07, 6.45) is 19.5. The van der Waals surface area contributed by atoms with E-state index in [9.17, 15) is 18.6 Å². The molecule has 0 aromatic rings. The van der Waals surface area contributed by atoms with Gasteiger partial charge in [0.15, 0.2) is 9.84 Å². The summed E-state index contributed by atoms with van der Waals surface area (Å²) in [6.45, 7) is 12.8. The van der Waals surface area contributed by atoms with Crippen molar-refractivity contribution in [2.45, 2.75) is 161 Å². The number of aliphatic hydroxyl groups excluding tert-OH is 1. The Morgan fingerprint density at radius 3 is 2.31 bits per heavy atom. The van der Waals surface area contributed by atoms with Crippen LogP contribution in [0.1, 0.15) is 131 Å². The van der Waals surface area contributed by atoms with Crippen LogP contribution in [0.15, 0.2) is 0 Å². The van der Waals surface area contributed by atoms with E-state index in [1.807, 2.05) is 0 Å². The van der Waals surface area contributed by atoms with E-state index in [4.69, 9.17) is 4.74 Å². The molecule has 6 aliphatic carbocycles. The van der Waals surface area contributed by atoms with Crippen molar-refractivity contribution in [2.24, 2.45) is 51.2 Å². The topological polar surface area (TPSA) is 83.8 Å². The molecule has 1 saturated heterocycles. The SMILES string of the molecule is C[CH-]CC1C2OC(C(C(C)(C)O)S(C)(=O)=O)CCC2CC2(C)CCCC34CC5(CCCC(O)C(C)(C)C5CCC3C12)C4. The number of sulfone groups is 1. The lowest BCUT2D eigenvalue weighted by Crippen LogP contribution is -2.61. The molecule has 6 saturated carbocycles. The molecular weight excluding hydrogens is 544 g/mol. The second kappa shape index (κ2) is 10.4. The van der Waals surface area contributed by atoms with Crippen LogP contribution in [-0.4, -0.2) is 54.0 Å². The number of hydrogen-bond donors (Lipinski definition) is 2. The van der Waals surface area contributed by atoms with Gasteiger partial charge in [-0.15, -0.1) is 0 Å². The second-order valence-corrected chi connectivity index (χ2v) is 20.1. The van der Waals surface area contributed by atoms with Gasteiger partial charge in [0.05, 0.1) is 23.9 Å². The fourth-order valence-electron chi connectivity index (χ4n) is 13.5. The highest BCUT2D eigenvalue weighted by molar-refractivity contribution is 7.91. The van der Waals surface area contributed by atoms with Crippen LogP contribution in [0.25, 0.3) is 0 Å². The van der Waals surface area contributed by atoms with Gasteiger partial charge < -0.3 is 21.4 Å². The third kappa shape index (κ3) is 4.89. The highest BCUT2D eigenvalue weighted by Gasteiger charge is 2.69. The van der Waals surface area contributed by atoms with Crippen molar-refractivity contribution in [3.05, 3.63) is 6.42 Å². The first-order chi connectivity index (χ1) is 19.5. The third-order valence-corrected chi connectivity index (χ3v) is 16.3. The lowest BCUT2D eigenvalue weighted by atomic mass is 9.40. The van der Waals surface area contributed by atoms with Crippen LogP contribution < -0.4 is 0 Å². The molecule has 0 amide bonds. The van der Waals surface area contributed by atoms with Gasteiger partial charge in [-0.05, 0) is 136 Å². The van der Waals surface area contributed by atoms with Gasteiger partial charge in [-0.2, -0.15) is 13.3 Å². The standard InChI is InChI=1S/C36H61O5S/c1-8-11-24-29-25-14-16-27-32(2,3)28(37)12-9-18-36(27)21-35(25,22-36)19-10-17-34(29,6)20-23-13-15-26(41-30(23)24)31(33(4,5)38)42(7,39)40/h8,23-31,37-38H,9-22H2,1-7H3/q-1. The minimum Gasteiger partial charge on any atom is -0.393 e. The normalized spacial score (nSPS) is 49.5. The van der Waals surface area contributed by atoms with E-state index in [2.05, 4.69) is 34.1 Å². The molecule has 2 bridgehead atoms. The zero-order valence-electron chi connectivity index (χ0n) is 27.7. The molecule has 7 aliphatic rings. The summed E-state index contributed by atoms with van der Waals surface area (Å²) in [5.41, 5.74) is -0.271. The van der Waals surface area contributed by atoms with Crippen LogP contribution in [0.2, 0.25) is 0 Å². The van der Waals surface area contributed by atoms with E-state index in [1.165, 1.54) is 64.0 Å². The lowest BCUT2D eigenvalue weighted by Gasteiger charge is -2.65. The lowest BCUT2D eigenvalue weighted by molar-refractivity contribution is -0.205. The van der Waals surface area contributed by atoms with Crippen LogP contribution >= 0.6 is 0 Å². The van der Waals surface area contributed by atoms with E-state index in [-0.39, 0.29) is 23.0 Å². The van der Waals surface area contributed by atoms with Crippen molar-refractivity contribution in [1.82, 2.24) is 0 Å². The van der Waals surface area contributed by atoms with Crippen molar-refractivity contribution in [1.29, 1.82) is 0 Å². The molecule has 242 valence electrons. The zero-order valence-corrected chi connectivity index (χ0v) is 28.5. The maximum absolute atomic E-state index is 13.0. The Morgan fingerprint density at radius 2 is 1.67 bits per heavy atom. The van der Waals surface area contributed by atoms with E-state index in [1.54, 1.807) is 13.8 Å². The quantitative estimate of drug-likeness (QED) is 0.326. The molecule has 7 fully saturated rings. The van der Waals surface area contributed by atoms with E-state index >= 15 is 0 Å². The summed E-state index contributed by atoms with van der Waals surface area (Å²) in [5.74, 6) is 2.69. The van der Waals surface area contributed by atoms with Gasteiger partial charge in [0.2, 0.25) is 0 Å². The summed E-state index contributed by atoms with van der Waals surface area (Å²) < 4.78 is 33.0. The fourth-order valence-corrected chi connectivity index (χ4v) is 15.3. The zero-order chi connectivity index (χ0) is 30.5. The van der Waals surface area contributed by atoms with Gasteiger partial charge in [0.1, 0.15) is 5.25 Å². The Balaban J connectivity index is 1.36. The Bertz CT molecular complexity index is 1120. The molecule has 10 unspecified atom stereocenters. The number of rotatable bonds is 5. The minimum absolute atomic E-state index is 0.0311. The smallest absolute Gasteiger partial charge is 0.155 e. The molecule has 10 atom stereocenters.